The molecule has 1 aliphatic rings. The lowest BCUT2D eigenvalue weighted by Gasteiger charge is -2.42. The predicted molar refractivity (Wildman–Crippen MR) is 120 cm³/mol. The fourth-order valence-corrected chi connectivity index (χ4v) is 4.89. The fraction of sp³-hybridized carbons (Fsp3) is 0.500. The van der Waals surface area contributed by atoms with E-state index in [4.69, 9.17) is 4.74 Å². The van der Waals surface area contributed by atoms with Gasteiger partial charge in [0.1, 0.15) is 19.7 Å². The highest BCUT2D eigenvalue weighted by molar-refractivity contribution is 7.10. The SMILES string of the molecule is CC(C)(C)NC(=O)C(C)(C)C[N+]1(C(=O)OCc2ccccc2)CCc2sccc2C1. The maximum atomic E-state index is 13.4. The van der Waals surface area contributed by atoms with Crippen molar-refractivity contribution in [2.75, 3.05) is 13.1 Å². The van der Waals surface area contributed by atoms with E-state index in [0.717, 1.165) is 12.0 Å². The molecule has 1 aromatic heterocycles. The van der Waals surface area contributed by atoms with Crippen LogP contribution in [0.1, 0.15) is 50.6 Å². The number of hydrogen-bond acceptors (Lipinski definition) is 4. The minimum atomic E-state index is -0.716. The third-order valence-corrected chi connectivity index (χ3v) is 6.49. The van der Waals surface area contributed by atoms with Crippen LogP contribution in [-0.4, -0.2) is 35.1 Å². The quantitative estimate of drug-likeness (QED) is 0.688. The first-order valence-corrected chi connectivity index (χ1v) is 11.3. The Bertz CT molecular complexity index is 899. The summed E-state index contributed by atoms with van der Waals surface area (Å²) in [5, 5.41) is 5.16. The maximum Gasteiger partial charge on any atom is 0.516 e. The normalized spacial score (nSPS) is 19.1. The summed E-state index contributed by atoms with van der Waals surface area (Å²) in [6.45, 7) is 11.6. The van der Waals surface area contributed by atoms with Gasteiger partial charge in [-0.05, 0) is 51.6 Å². The average Bonchev–Trinajstić information content (AvgIpc) is 3.12. The van der Waals surface area contributed by atoms with E-state index in [1.54, 1.807) is 11.3 Å². The van der Waals surface area contributed by atoms with E-state index in [0.29, 0.717) is 19.6 Å². The molecule has 1 aliphatic heterocycles. The second-order valence-electron chi connectivity index (χ2n) is 9.93. The Morgan fingerprint density at radius 2 is 1.80 bits per heavy atom. The number of carbonyl (C=O) groups is 2. The number of fused-ring (bicyclic) bond motifs is 1. The Kier molecular flexibility index (Phi) is 6.39. The first-order chi connectivity index (χ1) is 14.0. The monoisotopic (exact) mass is 429 g/mol. The molecule has 0 radical (unpaired) electrons. The van der Waals surface area contributed by atoms with Crippen molar-refractivity contribution in [3.63, 3.8) is 0 Å². The van der Waals surface area contributed by atoms with Gasteiger partial charge in [0.2, 0.25) is 5.91 Å². The molecule has 2 amide bonds. The summed E-state index contributed by atoms with van der Waals surface area (Å²) in [4.78, 5) is 27.8. The highest BCUT2D eigenvalue weighted by Crippen LogP contribution is 2.34. The van der Waals surface area contributed by atoms with E-state index in [9.17, 15) is 9.59 Å². The zero-order chi connectivity index (χ0) is 22.0. The summed E-state index contributed by atoms with van der Waals surface area (Å²) in [7, 11) is 0. The molecule has 30 heavy (non-hydrogen) atoms. The number of nitrogens with zero attached hydrogens (tertiary/aromatic N) is 1. The van der Waals surface area contributed by atoms with Gasteiger partial charge in [-0.2, -0.15) is 4.79 Å². The second-order valence-corrected chi connectivity index (χ2v) is 10.9. The number of hydrogen-bond donors (Lipinski definition) is 1. The lowest BCUT2D eigenvalue weighted by molar-refractivity contribution is -0.878. The van der Waals surface area contributed by atoms with Crippen molar-refractivity contribution >= 4 is 23.3 Å². The smallest absolute Gasteiger partial charge is 0.415 e. The first-order valence-electron chi connectivity index (χ1n) is 10.5. The van der Waals surface area contributed by atoms with Gasteiger partial charge in [0.15, 0.2) is 0 Å². The van der Waals surface area contributed by atoms with Gasteiger partial charge in [0.05, 0.1) is 12.0 Å². The topological polar surface area (TPSA) is 55.4 Å². The van der Waals surface area contributed by atoms with Crippen molar-refractivity contribution < 1.29 is 18.8 Å². The molecule has 1 N–H and O–H groups in total. The van der Waals surface area contributed by atoms with Gasteiger partial charge in [-0.3, -0.25) is 4.79 Å². The summed E-state index contributed by atoms with van der Waals surface area (Å²) in [5.74, 6) is -0.0422. The zero-order valence-electron chi connectivity index (χ0n) is 18.7. The number of benzene rings is 1. The molecule has 1 atom stereocenters. The van der Waals surface area contributed by atoms with Crippen molar-refractivity contribution in [2.24, 2.45) is 5.41 Å². The fourth-order valence-electron chi connectivity index (χ4n) is 4.00. The van der Waals surface area contributed by atoms with Crippen molar-refractivity contribution in [1.29, 1.82) is 0 Å². The summed E-state index contributed by atoms with van der Waals surface area (Å²) in [5.41, 5.74) is 1.11. The van der Waals surface area contributed by atoms with Crippen molar-refractivity contribution in [1.82, 2.24) is 5.32 Å². The lowest BCUT2D eigenvalue weighted by atomic mass is 9.88. The van der Waals surface area contributed by atoms with E-state index < -0.39 is 5.41 Å². The number of amides is 2. The Morgan fingerprint density at radius 1 is 1.10 bits per heavy atom. The standard InChI is InChI=1S/C24H32N2O3S/c1-23(2,3)25-21(27)24(4,5)17-26(13-11-20-19(15-26)12-14-30-20)22(28)29-16-18-9-7-6-8-10-18/h6-10,12,14H,11,13,15-17H2,1-5H3/p+1. The molecule has 162 valence electrons. The Balaban J connectivity index is 1.83. The molecule has 2 aromatic rings. The maximum absolute atomic E-state index is 13.4. The Hall–Kier alpha value is -2.18. The van der Waals surface area contributed by atoms with Crippen LogP contribution < -0.4 is 5.32 Å². The van der Waals surface area contributed by atoms with Crippen molar-refractivity contribution in [3.05, 3.63) is 57.8 Å². The highest BCUT2D eigenvalue weighted by atomic mass is 32.1. The summed E-state index contributed by atoms with van der Waals surface area (Å²) < 4.78 is 5.93. The van der Waals surface area contributed by atoms with Crippen molar-refractivity contribution in [3.8, 4) is 0 Å². The van der Waals surface area contributed by atoms with Gasteiger partial charge in [0.25, 0.3) is 0 Å². The van der Waals surface area contributed by atoms with Crippen LogP contribution in [0, 0.1) is 5.41 Å². The van der Waals surface area contributed by atoms with Crippen molar-refractivity contribution in [2.45, 2.75) is 59.7 Å². The molecule has 1 aromatic carbocycles. The number of rotatable bonds is 5. The molecule has 0 aliphatic carbocycles. The Morgan fingerprint density at radius 3 is 2.47 bits per heavy atom. The van der Waals surface area contributed by atoms with Gasteiger partial charge in [-0.1, -0.05) is 30.3 Å². The molecule has 0 saturated carbocycles. The third-order valence-electron chi connectivity index (χ3n) is 5.47. The molecule has 0 spiro atoms. The third kappa shape index (κ3) is 5.29. The first kappa shape index (κ1) is 22.5. The number of nitrogens with one attached hydrogen (secondary N) is 1. The molecular weight excluding hydrogens is 396 g/mol. The summed E-state index contributed by atoms with van der Waals surface area (Å²) in [6, 6.07) is 11.8. The van der Waals surface area contributed by atoms with Crippen LogP contribution >= 0.6 is 11.3 Å². The Labute approximate surface area is 183 Å². The van der Waals surface area contributed by atoms with Crippen LogP contribution in [0.15, 0.2) is 41.8 Å². The predicted octanol–water partition coefficient (Wildman–Crippen LogP) is 4.90. The number of thiophene rings is 1. The van der Waals surface area contributed by atoms with Crippen LogP contribution in [0.5, 0.6) is 0 Å². The van der Waals surface area contributed by atoms with Gasteiger partial charge in [-0.15, -0.1) is 11.3 Å². The van der Waals surface area contributed by atoms with E-state index in [-0.39, 0.29) is 28.6 Å². The summed E-state index contributed by atoms with van der Waals surface area (Å²) in [6.07, 6.45) is 0.567. The molecule has 2 heterocycles. The van der Waals surface area contributed by atoms with Crippen LogP contribution in [0.2, 0.25) is 0 Å². The van der Waals surface area contributed by atoms with Crippen LogP contribution in [0.4, 0.5) is 4.79 Å². The van der Waals surface area contributed by atoms with E-state index in [2.05, 4.69) is 16.8 Å². The molecule has 1 unspecified atom stereocenters. The van der Waals surface area contributed by atoms with Gasteiger partial charge in [-0.25, -0.2) is 4.48 Å². The van der Waals surface area contributed by atoms with Gasteiger partial charge < -0.3 is 10.1 Å². The number of ether oxygens (including phenoxy) is 1. The van der Waals surface area contributed by atoms with E-state index >= 15 is 0 Å². The van der Waals surface area contributed by atoms with E-state index in [1.165, 1.54) is 10.4 Å². The number of quaternary nitrogens is 1. The molecule has 3 rings (SSSR count). The molecule has 0 bridgehead atoms. The van der Waals surface area contributed by atoms with Crippen LogP contribution in [0.3, 0.4) is 0 Å². The molecule has 0 fully saturated rings. The number of carbonyl (C=O) groups excluding carboxylic acids is 2. The minimum Gasteiger partial charge on any atom is -0.415 e. The van der Waals surface area contributed by atoms with Crippen LogP contribution in [-0.2, 0) is 29.1 Å². The molecule has 5 nitrogen and oxygen atoms in total. The van der Waals surface area contributed by atoms with Crippen LogP contribution in [0.25, 0.3) is 0 Å². The average molecular weight is 430 g/mol. The summed E-state index contributed by atoms with van der Waals surface area (Å²) >= 11 is 1.74. The second kappa shape index (κ2) is 8.52. The minimum absolute atomic E-state index is 0.0422. The molecule has 0 saturated heterocycles. The van der Waals surface area contributed by atoms with Gasteiger partial charge in [0, 0.05) is 22.4 Å². The zero-order valence-corrected chi connectivity index (χ0v) is 19.5. The van der Waals surface area contributed by atoms with E-state index in [1.807, 2.05) is 65.0 Å². The molecular formula is C24H33N2O3S+. The van der Waals surface area contributed by atoms with Gasteiger partial charge >= 0.3 is 6.09 Å². The molecule has 6 heteroatoms. The largest absolute Gasteiger partial charge is 0.516 e. The highest BCUT2D eigenvalue weighted by Gasteiger charge is 2.48. The lowest BCUT2D eigenvalue weighted by Crippen LogP contribution is -2.61.